The Kier molecular flexibility index (Phi) is 5.76. The molecule has 0 N–H and O–H groups in total. The molecule has 0 bridgehead atoms. The maximum atomic E-state index is 12.9. The number of benzene rings is 2. The lowest BCUT2D eigenvalue weighted by Gasteiger charge is -2.34. The van der Waals surface area contributed by atoms with Crippen LogP contribution < -0.4 is 9.64 Å². The molecular weight excluding hydrogens is 360 g/mol. The first-order valence-corrected chi connectivity index (χ1v) is 10.1. The summed E-state index contributed by atoms with van der Waals surface area (Å²) >= 11 is 0. The number of sulfone groups is 1. The Bertz CT molecular complexity index is 820. The molecule has 0 aliphatic carbocycles. The van der Waals surface area contributed by atoms with Gasteiger partial charge in [-0.1, -0.05) is 30.3 Å². The molecule has 1 aliphatic rings. The summed E-state index contributed by atoms with van der Waals surface area (Å²) in [6.07, 6.45) is 1.63. The van der Waals surface area contributed by atoms with E-state index in [1.807, 2.05) is 35.2 Å². The third-order valence-electron chi connectivity index (χ3n) is 4.59. The minimum atomic E-state index is -4.62. The molecule has 7 heteroatoms. The zero-order valence-electron chi connectivity index (χ0n) is 14.2. The summed E-state index contributed by atoms with van der Waals surface area (Å²) in [7, 11) is -4.62. The molecule has 2 aromatic carbocycles. The molecule has 0 atom stereocenters. The summed E-state index contributed by atoms with van der Waals surface area (Å²) in [6.45, 7) is 1.81. The van der Waals surface area contributed by atoms with Crippen LogP contribution in [0.25, 0.3) is 0 Å². The summed E-state index contributed by atoms with van der Waals surface area (Å²) in [4.78, 5) is 1.57. The number of nitrogens with zero attached hydrogens (tertiary/aromatic N) is 1. The van der Waals surface area contributed by atoms with Gasteiger partial charge in [-0.15, -0.1) is 0 Å². The lowest BCUT2D eigenvalue weighted by Crippen LogP contribution is -2.36. The van der Waals surface area contributed by atoms with E-state index in [-0.39, 0.29) is 4.90 Å². The number of hydrogen-bond acceptors (Lipinski definition) is 4. The van der Waals surface area contributed by atoms with Gasteiger partial charge in [-0.2, -0.15) is 8.78 Å². The second-order valence-electron chi connectivity index (χ2n) is 6.33. The van der Waals surface area contributed by atoms with Crippen molar-refractivity contribution in [2.24, 2.45) is 5.92 Å². The number of hydrogen-bond donors (Lipinski definition) is 0. The minimum Gasteiger partial charge on any atom is -0.493 e. The maximum absolute atomic E-state index is 12.9. The molecule has 1 aliphatic heterocycles. The number of anilines is 1. The van der Waals surface area contributed by atoms with E-state index in [0.717, 1.165) is 18.6 Å². The van der Waals surface area contributed by atoms with Gasteiger partial charge in [-0.3, -0.25) is 0 Å². The third-order valence-corrected chi connectivity index (χ3v) is 6.02. The van der Waals surface area contributed by atoms with Crippen LogP contribution in [0.2, 0.25) is 0 Å². The molecule has 0 saturated carbocycles. The Labute approximate surface area is 152 Å². The van der Waals surface area contributed by atoms with E-state index in [9.17, 15) is 17.2 Å². The Morgan fingerprint density at radius 1 is 1.00 bits per heavy atom. The van der Waals surface area contributed by atoms with E-state index in [1.165, 1.54) is 12.1 Å². The fraction of sp³-hybridized carbons (Fsp3) is 0.368. The van der Waals surface area contributed by atoms with Crippen LogP contribution in [0.1, 0.15) is 12.8 Å². The van der Waals surface area contributed by atoms with Crippen molar-refractivity contribution in [3.63, 3.8) is 0 Å². The predicted octanol–water partition coefficient (Wildman–Crippen LogP) is 3.98. The lowest BCUT2D eigenvalue weighted by atomic mass is 9.97. The van der Waals surface area contributed by atoms with Gasteiger partial charge in [0.2, 0.25) is 9.84 Å². The zero-order chi connectivity index (χ0) is 18.6. The van der Waals surface area contributed by atoms with E-state index in [4.69, 9.17) is 4.74 Å². The number of alkyl halides is 2. The van der Waals surface area contributed by atoms with Gasteiger partial charge in [0.15, 0.2) is 0 Å². The molecule has 0 spiro atoms. The maximum Gasteiger partial charge on any atom is 0.341 e. The summed E-state index contributed by atoms with van der Waals surface area (Å²) < 4.78 is 55.5. The van der Waals surface area contributed by atoms with Gasteiger partial charge in [0, 0.05) is 13.1 Å². The van der Waals surface area contributed by atoms with Gasteiger partial charge in [-0.25, -0.2) is 8.42 Å². The van der Waals surface area contributed by atoms with E-state index >= 15 is 0 Å². The van der Waals surface area contributed by atoms with E-state index in [1.54, 1.807) is 12.1 Å². The van der Waals surface area contributed by atoms with Crippen LogP contribution in [0, 0.1) is 5.92 Å². The van der Waals surface area contributed by atoms with E-state index in [2.05, 4.69) is 0 Å². The molecule has 4 nitrogen and oxygen atoms in total. The van der Waals surface area contributed by atoms with Crippen molar-refractivity contribution in [2.75, 3.05) is 24.6 Å². The first-order chi connectivity index (χ1) is 12.5. The molecule has 0 unspecified atom stereocenters. The highest BCUT2D eigenvalue weighted by Gasteiger charge is 2.31. The summed E-state index contributed by atoms with van der Waals surface area (Å²) in [5.41, 5.74) is 0.357. The van der Waals surface area contributed by atoms with Gasteiger partial charge in [0.25, 0.3) is 0 Å². The van der Waals surface area contributed by atoms with Crippen molar-refractivity contribution in [2.45, 2.75) is 23.5 Å². The molecule has 140 valence electrons. The molecule has 1 heterocycles. The Hall–Kier alpha value is -2.15. The monoisotopic (exact) mass is 381 g/mol. The quantitative estimate of drug-likeness (QED) is 0.759. The van der Waals surface area contributed by atoms with Crippen molar-refractivity contribution in [1.29, 1.82) is 0 Å². The highest BCUT2D eigenvalue weighted by Crippen LogP contribution is 2.32. The van der Waals surface area contributed by atoms with Crippen molar-refractivity contribution in [3.05, 3.63) is 54.6 Å². The molecule has 26 heavy (non-hydrogen) atoms. The Balaban J connectivity index is 1.64. The molecule has 2 aromatic rings. The topological polar surface area (TPSA) is 46.6 Å². The average molecular weight is 381 g/mol. The number of para-hydroxylation sites is 2. The van der Waals surface area contributed by atoms with Crippen molar-refractivity contribution < 1.29 is 21.9 Å². The average Bonchev–Trinajstić information content (AvgIpc) is 2.67. The van der Waals surface area contributed by atoms with Crippen LogP contribution in [0.4, 0.5) is 14.5 Å². The van der Waals surface area contributed by atoms with E-state index < -0.39 is 15.6 Å². The smallest absolute Gasteiger partial charge is 0.341 e. The van der Waals surface area contributed by atoms with Crippen LogP contribution in [0.3, 0.4) is 0 Å². The summed E-state index contributed by atoms with van der Waals surface area (Å²) in [6, 6.07) is 15.6. The van der Waals surface area contributed by atoms with Crippen molar-refractivity contribution in [3.8, 4) is 5.75 Å². The van der Waals surface area contributed by atoms with Crippen LogP contribution in [0.15, 0.2) is 59.5 Å². The summed E-state index contributed by atoms with van der Waals surface area (Å²) in [5.74, 6) is -2.24. The Morgan fingerprint density at radius 3 is 2.27 bits per heavy atom. The largest absolute Gasteiger partial charge is 0.493 e. The first kappa shape index (κ1) is 18.6. The van der Waals surface area contributed by atoms with Crippen LogP contribution >= 0.6 is 0 Å². The zero-order valence-corrected chi connectivity index (χ0v) is 15.0. The lowest BCUT2D eigenvalue weighted by molar-refractivity contribution is 0.222. The number of rotatable bonds is 6. The van der Waals surface area contributed by atoms with Crippen molar-refractivity contribution in [1.82, 2.24) is 0 Å². The highest BCUT2D eigenvalue weighted by atomic mass is 32.2. The second-order valence-corrected chi connectivity index (χ2v) is 8.21. The second kappa shape index (κ2) is 8.03. The fourth-order valence-corrected chi connectivity index (χ4v) is 4.08. The normalized spacial score (nSPS) is 16.0. The molecule has 3 rings (SSSR count). The van der Waals surface area contributed by atoms with Gasteiger partial charge >= 0.3 is 5.76 Å². The van der Waals surface area contributed by atoms with Crippen molar-refractivity contribution >= 4 is 15.5 Å². The number of halogens is 2. The van der Waals surface area contributed by atoms with Crippen LogP contribution in [-0.2, 0) is 9.84 Å². The molecular formula is C19H21F2NO3S. The molecule has 0 aromatic heterocycles. The van der Waals surface area contributed by atoms with Crippen LogP contribution in [0.5, 0.6) is 5.75 Å². The molecule has 1 saturated heterocycles. The SMILES string of the molecule is O=S(=O)(c1ccccc1N1CCC(COc2ccccc2)CC1)C(F)F. The third kappa shape index (κ3) is 4.15. The minimum absolute atomic E-state index is 0.297. The van der Waals surface area contributed by atoms with Crippen LogP contribution in [-0.4, -0.2) is 33.9 Å². The fourth-order valence-electron chi connectivity index (χ4n) is 3.13. The van der Waals surface area contributed by atoms with Gasteiger partial charge < -0.3 is 9.64 Å². The molecule has 0 amide bonds. The first-order valence-electron chi connectivity index (χ1n) is 8.52. The predicted molar refractivity (Wildman–Crippen MR) is 96.5 cm³/mol. The number of piperidine rings is 1. The molecule has 0 radical (unpaired) electrons. The standard InChI is InChI=1S/C19H21F2NO3S/c20-19(21)26(23,24)18-9-5-4-8-17(18)22-12-10-15(11-13-22)14-25-16-6-2-1-3-7-16/h1-9,15,19H,10-14H2. The van der Waals surface area contributed by atoms with Gasteiger partial charge in [-0.05, 0) is 43.0 Å². The Morgan fingerprint density at radius 2 is 1.62 bits per heavy atom. The van der Waals surface area contributed by atoms with Gasteiger partial charge in [0.05, 0.1) is 17.2 Å². The van der Waals surface area contributed by atoms with E-state index in [0.29, 0.717) is 31.3 Å². The summed E-state index contributed by atoms with van der Waals surface area (Å²) in [5, 5.41) is 0. The van der Waals surface area contributed by atoms with Gasteiger partial charge in [0.1, 0.15) is 5.75 Å². The molecule has 1 fully saturated rings. The number of ether oxygens (including phenoxy) is 1. The highest BCUT2D eigenvalue weighted by molar-refractivity contribution is 7.91.